The van der Waals surface area contributed by atoms with Crippen molar-refractivity contribution in [3.8, 4) is 0 Å². The zero-order valence-electron chi connectivity index (χ0n) is 13.9. The predicted octanol–water partition coefficient (Wildman–Crippen LogP) is 2.43. The van der Waals surface area contributed by atoms with Crippen molar-refractivity contribution >= 4 is 15.9 Å². The van der Waals surface area contributed by atoms with E-state index in [1.807, 2.05) is 0 Å². The molecule has 0 spiro atoms. The molecule has 26 heavy (non-hydrogen) atoms. The van der Waals surface area contributed by atoms with Crippen molar-refractivity contribution in [2.75, 3.05) is 6.54 Å². The molecule has 0 bridgehead atoms. The van der Waals surface area contributed by atoms with Crippen LogP contribution in [0.5, 0.6) is 0 Å². The van der Waals surface area contributed by atoms with Gasteiger partial charge in [0.2, 0.25) is 15.9 Å². The van der Waals surface area contributed by atoms with Gasteiger partial charge in [-0.1, -0.05) is 12.1 Å². The van der Waals surface area contributed by atoms with Crippen LogP contribution in [0.2, 0.25) is 0 Å². The second-order valence-electron chi connectivity index (χ2n) is 6.08. The third kappa shape index (κ3) is 3.91. The van der Waals surface area contributed by atoms with Gasteiger partial charge in [-0.15, -0.1) is 0 Å². The summed E-state index contributed by atoms with van der Waals surface area (Å²) in [6, 6.07) is 9.50. The zero-order valence-corrected chi connectivity index (χ0v) is 14.7. The van der Waals surface area contributed by atoms with Gasteiger partial charge in [-0.2, -0.15) is 4.31 Å². The fourth-order valence-corrected chi connectivity index (χ4v) is 4.64. The Bertz CT molecular complexity index is 901. The minimum Gasteiger partial charge on any atom is -0.351 e. The summed E-state index contributed by atoms with van der Waals surface area (Å²) in [5, 5.41) is 2.66. The Morgan fingerprint density at radius 1 is 1.12 bits per heavy atom. The lowest BCUT2D eigenvalue weighted by molar-refractivity contribution is -0.124. The molecule has 8 heteroatoms. The number of sulfonamides is 1. The van der Waals surface area contributed by atoms with E-state index < -0.39 is 33.6 Å². The van der Waals surface area contributed by atoms with Crippen LogP contribution < -0.4 is 5.32 Å². The van der Waals surface area contributed by atoms with Crippen molar-refractivity contribution in [1.82, 2.24) is 9.62 Å². The number of carbonyl (C=O) groups excluding carboxylic acids is 1. The second kappa shape index (κ2) is 7.51. The first kappa shape index (κ1) is 18.5. The molecule has 1 amide bonds. The molecule has 138 valence electrons. The summed E-state index contributed by atoms with van der Waals surface area (Å²) in [7, 11) is -3.89. The van der Waals surface area contributed by atoms with E-state index in [1.165, 1.54) is 30.3 Å². The van der Waals surface area contributed by atoms with Crippen molar-refractivity contribution in [2.24, 2.45) is 0 Å². The summed E-state index contributed by atoms with van der Waals surface area (Å²) in [5.41, 5.74) is 0.587. The van der Waals surface area contributed by atoms with Gasteiger partial charge in [0.15, 0.2) is 0 Å². The topological polar surface area (TPSA) is 66.5 Å². The van der Waals surface area contributed by atoms with E-state index in [1.54, 1.807) is 6.07 Å². The lowest BCUT2D eigenvalue weighted by atomic mass is 10.2. The van der Waals surface area contributed by atoms with Crippen LogP contribution in [0.15, 0.2) is 53.4 Å². The van der Waals surface area contributed by atoms with E-state index in [0.29, 0.717) is 18.4 Å². The van der Waals surface area contributed by atoms with Crippen LogP contribution in [0.25, 0.3) is 0 Å². The summed E-state index contributed by atoms with van der Waals surface area (Å²) in [6.45, 7) is 0.329. The number of hydrogen-bond donors (Lipinski definition) is 1. The van der Waals surface area contributed by atoms with Gasteiger partial charge < -0.3 is 5.32 Å². The summed E-state index contributed by atoms with van der Waals surface area (Å²) < 4.78 is 52.9. The Morgan fingerprint density at radius 2 is 1.85 bits per heavy atom. The van der Waals surface area contributed by atoms with Crippen LogP contribution in [-0.2, 0) is 21.4 Å². The van der Waals surface area contributed by atoms with Crippen LogP contribution in [0, 0.1) is 11.6 Å². The third-order valence-corrected chi connectivity index (χ3v) is 6.20. The van der Waals surface area contributed by atoms with E-state index in [0.717, 1.165) is 16.4 Å². The van der Waals surface area contributed by atoms with Gasteiger partial charge in [0.05, 0.1) is 4.90 Å². The molecule has 1 unspecified atom stereocenters. The lowest BCUT2D eigenvalue weighted by Crippen LogP contribution is -2.45. The fraction of sp³-hybridized carbons (Fsp3) is 0.278. The normalized spacial score (nSPS) is 18.0. The van der Waals surface area contributed by atoms with Crippen molar-refractivity contribution in [3.05, 3.63) is 65.7 Å². The molecule has 0 aliphatic carbocycles. The van der Waals surface area contributed by atoms with Gasteiger partial charge in [0.1, 0.15) is 17.7 Å². The Kier molecular flexibility index (Phi) is 5.33. The van der Waals surface area contributed by atoms with Crippen LogP contribution >= 0.6 is 0 Å². The Balaban J connectivity index is 1.72. The molecule has 1 heterocycles. The highest BCUT2D eigenvalue weighted by Gasteiger charge is 2.39. The van der Waals surface area contributed by atoms with E-state index >= 15 is 0 Å². The molecular weight excluding hydrogens is 362 g/mol. The maximum Gasteiger partial charge on any atom is 0.243 e. The van der Waals surface area contributed by atoms with Crippen LogP contribution in [0.3, 0.4) is 0 Å². The van der Waals surface area contributed by atoms with E-state index in [9.17, 15) is 22.0 Å². The molecular formula is C18H18F2N2O3S. The first-order valence-corrected chi connectivity index (χ1v) is 9.61. The van der Waals surface area contributed by atoms with E-state index in [2.05, 4.69) is 5.32 Å². The molecule has 0 radical (unpaired) electrons. The van der Waals surface area contributed by atoms with Crippen molar-refractivity contribution in [1.29, 1.82) is 0 Å². The van der Waals surface area contributed by atoms with Gasteiger partial charge in [-0.25, -0.2) is 17.2 Å². The summed E-state index contributed by atoms with van der Waals surface area (Å²) in [4.78, 5) is 12.4. The quantitative estimate of drug-likeness (QED) is 0.866. The molecule has 2 aromatic rings. The number of nitrogens with one attached hydrogen (secondary N) is 1. The minimum absolute atomic E-state index is 0.0521. The largest absolute Gasteiger partial charge is 0.351 e. The number of halogens is 2. The van der Waals surface area contributed by atoms with Crippen molar-refractivity contribution in [2.45, 2.75) is 30.3 Å². The number of hydrogen-bond acceptors (Lipinski definition) is 3. The minimum atomic E-state index is -3.89. The highest BCUT2D eigenvalue weighted by atomic mass is 32.2. The van der Waals surface area contributed by atoms with Gasteiger partial charge >= 0.3 is 0 Å². The molecule has 1 fully saturated rings. The maximum absolute atomic E-state index is 13.2. The molecule has 3 rings (SSSR count). The first-order chi connectivity index (χ1) is 12.4. The molecule has 1 N–H and O–H groups in total. The zero-order chi connectivity index (χ0) is 18.7. The number of amides is 1. The van der Waals surface area contributed by atoms with Crippen molar-refractivity contribution in [3.63, 3.8) is 0 Å². The predicted molar refractivity (Wildman–Crippen MR) is 91.6 cm³/mol. The third-order valence-electron chi connectivity index (χ3n) is 4.28. The second-order valence-corrected chi connectivity index (χ2v) is 7.97. The lowest BCUT2D eigenvalue weighted by Gasteiger charge is -2.23. The number of rotatable bonds is 5. The standard InChI is InChI=1S/C18H18F2N2O3S/c19-14-6-8-16(9-7-14)26(24,25)22-10-2-5-17(22)18(23)21-12-13-3-1-4-15(20)11-13/h1,3-4,6-9,11,17H,2,5,10,12H2,(H,21,23). The Morgan fingerprint density at radius 3 is 2.54 bits per heavy atom. The maximum atomic E-state index is 13.2. The smallest absolute Gasteiger partial charge is 0.243 e. The molecule has 1 atom stereocenters. The van der Waals surface area contributed by atoms with Crippen LogP contribution in [0.4, 0.5) is 8.78 Å². The SMILES string of the molecule is O=C(NCc1cccc(F)c1)C1CCCN1S(=O)(=O)c1ccc(F)cc1. The molecule has 1 aliphatic heterocycles. The average Bonchev–Trinajstić information content (AvgIpc) is 3.11. The first-order valence-electron chi connectivity index (χ1n) is 8.17. The van der Waals surface area contributed by atoms with Gasteiger partial charge in [0, 0.05) is 13.1 Å². The van der Waals surface area contributed by atoms with Crippen LogP contribution in [-0.4, -0.2) is 31.2 Å². The van der Waals surface area contributed by atoms with Gasteiger partial charge in [-0.05, 0) is 54.8 Å². The van der Waals surface area contributed by atoms with E-state index in [-0.39, 0.29) is 18.0 Å². The Hall–Kier alpha value is -2.32. The summed E-state index contributed by atoms with van der Waals surface area (Å²) in [6.07, 6.45) is 0.952. The van der Waals surface area contributed by atoms with Crippen molar-refractivity contribution < 1.29 is 22.0 Å². The summed E-state index contributed by atoms with van der Waals surface area (Å²) >= 11 is 0. The highest BCUT2D eigenvalue weighted by molar-refractivity contribution is 7.89. The number of carbonyl (C=O) groups is 1. The molecule has 0 aromatic heterocycles. The fourth-order valence-electron chi connectivity index (χ4n) is 2.99. The monoisotopic (exact) mass is 380 g/mol. The number of nitrogens with zero attached hydrogens (tertiary/aromatic N) is 1. The molecule has 2 aromatic carbocycles. The molecule has 5 nitrogen and oxygen atoms in total. The Labute approximate surface area is 150 Å². The van der Waals surface area contributed by atoms with E-state index in [4.69, 9.17) is 0 Å². The van der Waals surface area contributed by atoms with Gasteiger partial charge in [-0.3, -0.25) is 4.79 Å². The average molecular weight is 380 g/mol. The highest BCUT2D eigenvalue weighted by Crippen LogP contribution is 2.26. The number of benzene rings is 2. The van der Waals surface area contributed by atoms with Gasteiger partial charge in [0.25, 0.3) is 0 Å². The molecule has 1 aliphatic rings. The summed E-state index contributed by atoms with van der Waals surface area (Å²) in [5.74, 6) is -1.37. The molecule has 0 saturated carbocycles. The molecule has 1 saturated heterocycles. The van der Waals surface area contributed by atoms with Crippen LogP contribution in [0.1, 0.15) is 18.4 Å².